The summed E-state index contributed by atoms with van der Waals surface area (Å²) in [4.78, 5) is 10.6. The van der Waals surface area contributed by atoms with Crippen molar-refractivity contribution in [1.29, 1.82) is 0 Å². The third kappa shape index (κ3) is 1.54. The van der Waals surface area contributed by atoms with Gasteiger partial charge in [-0.3, -0.25) is 10.1 Å². The molecule has 0 N–H and O–H groups in total. The Morgan fingerprint density at radius 3 is 2.85 bits per heavy atom. The summed E-state index contributed by atoms with van der Waals surface area (Å²) in [6.45, 7) is 0. The van der Waals surface area contributed by atoms with Gasteiger partial charge in [-0.25, -0.2) is 0 Å². The van der Waals surface area contributed by atoms with Gasteiger partial charge in [0.1, 0.15) is 11.9 Å². The number of fused-ring (bicyclic) bond motifs is 5. The second-order valence-electron chi connectivity index (χ2n) is 5.36. The highest BCUT2D eigenvalue weighted by atomic mass is 16.6. The van der Waals surface area contributed by atoms with Crippen molar-refractivity contribution in [2.24, 2.45) is 0 Å². The number of rotatable bonds is 1. The molecule has 2 aromatic rings. The van der Waals surface area contributed by atoms with Crippen LogP contribution in [0.25, 0.3) is 0 Å². The lowest BCUT2D eigenvalue weighted by Crippen LogP contribution is -2.18. The molecule has 0 amide bonds. The van der Waals surface area contributed by atoms with E-state index in [0.29, 0.717) is 0 Å². The Bertz CT molecular complexity index is 711. The zero-order valence-corrected chi connectivity index (χ0v) is 10.8. The molecule has 20 heavy (non-hydrogen) atoms. The third-order valence-corrected chi connectivity index (χ3v) is 4.31. The number of hydrogen-bond donors (Lipinski definition) is 0. The first-order valence-corrected chi connectivity index (χ1v) is 6.77. The van der Waals surface area contributed by atoms with Gasteiger partial charge >= 0.3 is 0 Å². The molecule has 4 heteroatoms. The molecule has 2 aliphatic rings. The summed E-state index contributed by atoms with van der Waals surface area (Å²) in [6.07, 6.45) is 2.00. The van der Waals surface area contributed by atoms with Crippen LogP contribution in [-0.2, 0) is 6.42 Å². The van der Waals surface area contributed by atoms with Gasteiger partial charge in [-0.15, -0.1) is 0 Å². The molecule has 0 saturated heterocycles. The van der Waals surface area contributed by atoms with Gasteiger partial charge < -0.3 is 4.74 Å². The van der Waals surface area contributed by atoms with Crippen LogP contribution in [0.2, 0.25) is 0 Å². The molecule has 2 atom stereocenters. The molecule has 0 spiro atoms. The highest BCUT2D eigenvalue weighted by Gasteiger charge is 2.39. The second kappa shape index (κ2) is 4.07. The molecule has 4 rings (SSSR count). The maximum atomic E-state index is 10.9. The Balaban J connectivity index is 1.80. The number of nitro groups is 1. The number of hydrogen-bond acceptors (Lipinski definition) is 3. The predicted molar refractivity (Wildman–Crippen MR) is 74.0 cm³/mol. The van der Waals surface area contributed by atoms with E-state index in [1.54, 1.807) is 12.1 Å². The lowest BCUT2D eigenvalue weighted by molar-refractivity contribution is -0.384. The molecule has 2 aromatic carbocycles. The maximum Gasteiger partial charge on any atom is 0.269 e. The van der Waals surface area contributed by atoms with Gasteiger partial charge in [0.2, 0.25) is 0 Å². The lowest BCUT2D eigenvalue weighted by Gasteiger charge is -2.27. The molecular formula is C16H13NO3. The SMILES string of the molecule is O=[N+]([O-])c1ccc2c(c1)[C@@H]1CCc3ccccc3[C@@H]1O2. The summed E-state index contributed by atoms with van der Waals surface area (Å²) in [5.41, 5.74) is 3.68. The van der Waals surface area contributed by atoms with E-state index < -0.39 is 0 Å². The first-order valence-electron chi connectivity index (χ1n) is 6.77. The number of nitro benzene ring substituents is 1. The number of ether oxygens (including phenoxy) is 1. The fraction of sp³-hybridized carbons (Fsp3) is 0.250. The summed E-state index contributed by atoms with van der Waals surface area (Å²) in [6, 6.07) is 13.2. The standard InChI is InChI=1S/C16H13NO3/c18-17(19)11-6-8-15-14(9-11)13-7-5-10-3-1-2-4-12(10)16(13)20-15/h1-4,6,8-9,13,16H,5,7H2/t13-,16-/m0/s1. The number of nitrogens with zero attached hydrogens (tertiary/aromatic N) is 1. The van der Waals surface area contributed by atoms with Crippen molar-refractivity contribution < 1.29 is 9.66 Å². The van der Waals surface area contributed by atoms with Crippen molar-refractivity contribution in [1.82, 2.24) is 0 Å². The molecule has 0 saturated carbocycles. The van der Waals surface area contributed by atoms with Crippen molar-refractivity contribution in [2.75, 3.05) is 0 Å². The van der Waals surface area contributed by atoms with E-state index in [4.69, 9.17) is 4.74 Å². The van der Waals surface area contributed by atoms with Gasteiger partial charge in [-0.05, 0) is 30.0 Å². The minimum Gasteiger partial charge on any atom is -0.485 e. The Labute approximate surface area is 116 Å². The monoisotopic (exact) mass is 267 g/mol. The molecule has 1 aliphatic heterocycles. The van der Waals surface area contributed by atoms with Crippen LogP contribution in [0.3, 0.4) is 0 Å². The molecule has 0 radical (unpaired) electrons. The van der Waals surface area contributed by atoms with Crippen LogP contribution in [0.1, 0.15) is 35.1 Å². The van der Waals surface area contributed by atoms with Crippen molar-refractivity contribution in [3.05, 3.63) is 69.3 Å². The van der Waals surface area contributed by atoms with Crippen LogP contribution in [0, 0.1) is 10.1 Å². The van der Waals surface area contributed by atoms with E-state index in [2.05, 4.69) is 12.1 Å². The van der Waals surface area contributed by atoms with Gasteiger partial charge in [0, 0.05) is 23.6 Å². The van der Waals surface area contributed by atoms with Crippen LogP contribution in [-0.4, -0.2) is 4.92 Å². The highest BCUT2D eigenvalue weighted by Crippen LogP contribution is 2.52. The quantitative estimate of drug-likeness (QED) is 0.584. The lowest BCUT2D eigenvalue weighted by atomic mass is 9.79. The molecule has 1 heterocycles. The third-order valence-electron chi connectivity index (χ3n) is 4.31. The van der Waals surface area contributed by atoms with E-state index in [-0.39, 0.29) is 22.6 Å². The molecule has 0 bridgehead atoms. The summed E-state index contributed by atoms with van der Waals surface area (Å²) in [5, 5.41) is 10.9. The van der Waals surface area contributed by atoms with E-state index >= 15 is 0 Å². The van der Waals surface area contributed by atoms with Crippen LogP contribution < -0.4 is 4.74 Å². The van der Waals surface area contributed by atoms with E-state index in [1.165, 1.54) is 17.2 Å². The summed E-state index contributed by atoms with van der Waals surface area (Å²) < 4.78 is 6.05. The molecule has 100 valence electrons. The van der Waals surface area contributed by atoms with Gasteiger partial charge in [-0.2, -0.15) is 0 Å². The van der Waals surface area contributed by atoms with Crippen LogP contribution in [0.15, 0.2) is 42.5 Å². The first-order chi connectivity index (χ1) is 9.74. The fourth-order valence-corrected chi connectivity index (χ4v) is 3.37. The summed E-state index contributed by atoms with van der Waals surface area (Å²) >= 11 is 0. The molecule has 1 aliphatic carbocycles. The van der Waals surface area contributed by atoms with Crippen molar-refractivity contribution in [3.63, 3.8) is 0 Å². The molecule has 0 unspecified atom stereocenters. The summed E-state index contributed by atoms with van der Waals surface area (Å²) in [5.74, 6) is 1.03. The topological polar surface area (TPSA) is 52.4 Å². The second-order valence-corrected chi connectivity index (χ2v) is 5.36. The van der Waals surface area contributed by atoms with Crippen molar-refractivity contribution in [2.45, 2.75) is 24.9 Å². The van der Waals surface area contributed by atoms with Gasteiger partial charge in [0.05, 0.1) is 4.92 Å². The van der Waals surface area contributed by atoms with Crippen LogP contribution in [0.4, 0.5) is 5.69 Å². The largest absolute Gasteiger partial charge is 0.485 e. The van der Waals surface area contributed by atoms with Gasteiger partial charge in [-0.1, -0.05) is 24.3 Å². The minimum atomic E-state index is -0.343. The smallest absolute Gasteiger partial charge is 0.269 e. The average molecular weight is 267 g/mol. The molecular weight excluding hydrogens is 254 g/mol. The first kappa shape index (κ1) is 11.5. The number of benzene rings is 2. The Morgan fingerprint density at radius 2 is 2.00 bits per heavy atom. The summed E-state index contributed by atoms with van der Waals surface area (Å²) in [7, 11) is 0. The highest BCUT2D eigenvalue weighted by molar-refractivity contribution is 5.51. The van der Waals surface area contributed by atoms with E-state index in [0.717, 1.165) is 24.2 Å². The number of aryl methyl sites for hydroxylation is 1. The van der Waals surface area contributed by atoms with Crippen molar-refractivity contribution in [3.8, 4) is 5.75 Å². The Hall–Kier alpha value is -2.36. The van der Waals surface area contributed by atoms with Crippen molar-refractivity contribution >= 4 is 5.69 Å². The number of non-ortho nitro benzene ring substituents is 1. The van der Waals surface area contributed by atoms with Crippen LogP contribution >= 0.6 is 0 Å². The predicted octanol–water partition coefficient (Wildman–Crippen LogP) is 3.76. The van der Waals surface area contributed by atoms with Gasteiger partial charge in [0.15, 0.2) is 0 Å². The Kier molecular flexibility index (Phi) is 2.33. The molecule has 0 aromatic heterocycles. The fourth-order valence-electron chi connectivity index (χ4n) is 3.37. The zero-order valence-electron chi connectivity index (χ0n) is 10.8. The maximum absolute atomic E-state index is 10.9. The Morgan fingerprint density at radius 1 is 1.15 bits per heavy atom. The normalized spacial score (nSPS) is 22.4. The van der Waals surface area contributed by atoms with Gasteiger partial charge in [0.25, 0.3) is 5.69 Å². The minimum absolute atomic E-state index is 0.0111. The van der Waals surface area contributed by atoms with E-state index in [1.807, 2.05) is 12.1 Å². The average Bonchev–Trinajstić information content (AvgIpc) is 2.85. The van der Waals surface area contributed by atoms with Crippen LogP contribution in [0.5, 0.6) is 5.75 Å². The molecule has 4 nitrogen and oxygen atoms in total. The molecule has 0 fully saturated rings. The van der Waals surface area contributed by atoms with E-state index in [9.17, 15) is 10.1 Å². The zero-order chi connectivity index (χ0) is 13.7.